The molecule has 0 aliphatic carbocycles. The van der Waals surface area contributed by atoms with Gasteiger partial charge in [-0.25, -0.2) is 4.39 Å². The Hall–Kier alpha value is -1.18. The fourth-order valence-electron chi connectivity index (χ4n) is 0.270. The van der Waals surface area contributed by atoms with Gasteiger partial charge in [0.25, 0.3) is 0 Å². The zero-order valence-electron chi connectivity index (χ0n) is 4.93. The summed E-state index contributed by atoms with van der Waals surface area (Å²) in [5.41, 5.74) is 0.104. The lowest BCUT2D eigenvalue weighted by atomic mass is 10.3. The molecule has 0 atom stereocenters. The van der Waals surface area contributed by atoms with Crippen LogP contribution in [0.2, 0.25) is 0 Å². The van der Waals surface area contributed by atoms with Crippen LogP contribution in [0.25, 0.3) is 0 Å². The molecule has 0 heterocycles. The molecule has 0 aromatic rings. The molecule has 0 saturated carbocycles. The summed E-state index contributed by atoms with van der Waals surface area (Å²) in [6, 6.07) is 0. The second-order valence-corrected chi connectivity index (χ2v) is 1.43. The first-order valence-corrected chi connectivity index (χ1v) is 2.34. The quantitative estimate of drug-likeness (QED) is 0.320. The summed E-state index contributed by atoms with van der Waals surface area (Å²) < 4.78 is 12.1. The van der Waals surface area contributed by atoms with Crippen molar-refractivity contribution in [3.05, 3.63) is 36.7 Å². The lowest BCUT2D eigenvalue weighted by molar-refractivity contribution is -0.104. The maximum atomic E-state index is 12.1. The lowest BCUT2D eigenvalue weighted by Gasteiger charge is -1.83. The van der Waals surface area contributed by atoms with E-state index in [1.54, 1.807) is 0 Å². The maximum Gasteiger partial charge on any atom is 0.149 e. The van der Waals surface area contributed by atoms with Crippen LogP contribution in [0, 0.1) is 0 Å². The number of hydrogen-bond acceptors (Lipinski definition) is 1. The summed E-state index contributed by atoms with van der Waals surface area (Å²) in [4.78, 5) is 9.81. The standard InChI is InChI=1S/C7H7FO/c1-3-7(8)4-6(2)5-9/h3-5H,1-2H2/b7-4+. The van der Waals surface area contributed by atoms with Gasteiger partial charge in [0.1, 0.15) is 12.1 Å². The fourth-order valence-corrected chi connectivity index (χ4v) is 0.270. The lowest BCUT2D eigenvalue weighted by Crippen LogP contribution is -1.74. The third kappa shape index (κ3) is 3.41. The van der Waals surface area contributed by atoms with E-state index in [1.807, 2.05) is 0 Å². The van der Waals surface area contributed by atoms with Crippen LogP contribution < -0.4 is 0 Å². The molecule has 0 aromatic carbocycles. The van der Waals surface area contributed by atoms with Crippen LogP contribution in [0.15, 0.2) is 36.7 Å². The van der Waals surface area contributed by atoms with Gasteiger partial charge in [0.05, 0.1) is 0 Å². The minimum Gasteiger partial charge on any atom is -0.298 e. The molecule has 0 N–H and O–H groups in total. The zero-order chi connectivity index (χ0) is 7.28. The van der Waals surface area contributed by atoms with Gasteiger partial charge in [-0.05, 0) is 12.2 Å². The van der Waals surface area contributed by atoms with Crippen LogP contribution in [0.5, 0.6) is 0 Å². The predicted octanol–water partition coefficient (Wildman–Crippen LogP) is 1.78. The smallest absolute Gasteiger partial charge is 0.149 e. The van der Waals surface area contributed by atoms with E-state index in [2.05, 4.69) is 13.2 Å². The van der Waals surface area contributed by atoms with Gasteiger partial charge in [0.15, 0.2) is 0 Å². The van der Waals surface area contributed by atoms with E-state index in [4.69, 9.17) is 0 Å². The molecule has 0 bridgehead atoms. The van der Waals surface area contributed by atoms with Gasteiger partial charge in [0.2, 0.25) is 0 Å². The summed E-state index contributed by atoms with van der Waals surface area (Å²) in [5.74, 6) is -0.549. The van der Waals surface area contributed by atoms with E-state index in [9.17, 15) is 9.18 Å². The average molecular weight is 126 g/mol. The molecule has 0 radical (unpaired) electrons. The summed E-state index contributed by atoms with van der Waals surface area (Å²) in [7, 11) is 0. The third-order valence-corrected chi connectivity index (χ3v) is 0.670. The number of allylic oxidation sites excluding steroid dienone is 4. The average Bonchev–Trinajstić information content (AvgIpc) is 1.87. The van der Waals surface area contributed by atoms with Gasteiger partial charge in [-0.1, -0.05) is 13.2 Å². The Balaban J connectivity index is 4.10. The molecule has 1 nitrogen and oxygen atoms in total. The Morgan fingerprint density at radius 2 is 2.11 bits per heavy atom. The Morgan fingerprint density at radius 3 is 2.44 bits per heavy atom. The zero-order valence-corrected chi connectivity index (χ0v) is 4.93. The number of halogens is 1. The fraction of sp³-hybridized carbons (Fsp3) is 0. The Bertz CT molecular complexity index is 168. The summed E-state index contributed by atoms with van der Waals surface area (Å²) in [6.07, 6.45) is 2.50. The molecular formula is C7H7FO. The highest BCUT2D eigenvalue weighted by molar-refractivity contribution is 5.76. The van der Waals surface area contributed by atoms with Gasteiger partial charge >= 0.3 is 0 Å². The van der Waals surface area contributed by atoms with Crippen LogP contribution >= 0.6 is 0 Å². The highest BCUT2D eigenvalue weighted by atomic mass is 19.1. The molecule has 0 amide bonds. The molecular weight excluding hydrogens is 119 g/mol. The molecule has 0 aliphatic heterocycles. The topological polar surface area (TPSA) is 17.1 Å². The molecule has 0 saturated heterocycles. The van der Waals surface area contributed by atoms with Crippen LogP contribution in [0.3, 0.4) is 0 Å². The third-order valence-electron chi connectivity index (χ3n) is 0.670. The van der Waals surface area contributed by atoms with E-state index in [0.29, 0.717) is 6.29 Å². The minimum atomic E-state index is -0.549. The van der Waals surface area contributed by atoms with E-state index >= 15 is 0 Å². The van der Waals surface area contributed by atoms with Gasteiger partial charge in [-0.2, -0.15) is 0 Å². The van der Waals surface area contributed by atoms with Crippen molar-refractivity contribution in [2.45, 2.75) is 0 Å². The van der Waals surface area contributed by atoms with Gasteiger partial charge in [-0.15, -0.1) is 0 Å². The van der Waals surface area contributed by atoms with Crippen molar-refractivity contribution in [3.63, 3.8) is 0 Å². The van der Waals surface area contributed by atoms with Gasteiger partial charge < -0.3 is 0 Å². The van der Waals surface area contributed by atoms with Crippen molar-refractivity contribution in [2.24, 2.45) is 0 Å². The molecule has 0 unspecified atom stereocenters. The van der Waals surface area contributed by atoms with Crippen molar-refractivity contribution >= 4 is 6.29 Å². The maximum absolute atomic E-state index is 12.1. The molecule has 0 aromatic heterocycles. The Kier molecular flexibility index (Phi) is 3.28. The van der Waals surface area contributed by atoms with Crippen molar-refractivity contribution in [1.82, 2.24) is 0 Å². The van der Waals surface area contributed by atoms with Crippen LogP contribution in [0.4, 0.5) is 4.39 Å². The largest absolute Gasteiger partial charge is 0.298 e. The number of hydrogen-bond donors (Lipinski definition) is 0. The molecule has 0 fully saturated rings. The Morgan fingerprint density at radius 1 is 1.56 bits per heavy atom. The predicted molar refractivity (Wildman–Crippen MR) is 34.6 cm³/mol. The van der Waals surface area contributed by atoms with Crippen LogP contribution in [-0.2, 0) is 4.79 Å². The van der Waals surface area contributed by atoms with Gasteiger partial charge in [-0.3, -0.25) is 4.79 Å². The van der Waals surface area contributed by atoms with Crippen molar-refractivity contribution < 1.29 is 9.18 Å². The first-order valence-electron chi connectivity index (χ1n) is 2.34. The van der Waals surface area contributed by atoms with Crippen LogP contribution in [-0.4, -0.2) is 6.29 Å². The molecule has 2 heteroatoms. The second kappa shape index (κ2) is 3.78. The number of rotatable bonds is 3. The van der Waals surface area contributed by atoms with Crippen molar-refractivity contribution in [1.29, 1.82) is 0 Å². The van der Waals surface area contributed by atoms with Crippen molar-refractivity contribution in [2.75, 3.05) is 0 Å². The number of carbonyl (C=O) groups excluding carboxylic acids is 1. The first-order chi connectivity index (χ1) is 4.20. The number of aldehydes is 1. The molecule has 9 heavy (non-hydrogen) atoms. The number of carbonyl (C=O) groups is 1. The summed E-state index contributed by atoms with van der Waals surface area (Å²) >= 11 is 0. The Labute approximate surface area is 53.2 Å². The summed E-state index contributed by atoms with van der Waals surface area (Å²) in [6.45, 7) is 6.38. The highest BCUT2D eigenvalue weighted by Gasteiger charge is 1.86. The van der Waals surface area contributed by atoms with Crippen LogP contribution in [0.1, 0.15) is 0 Å². The molecule has 0 spiro atoms. The van der Waals surface area contributed by atoms with E-state index in [0.717, 1.165) is 12.2 Å². The molecule has 0 aliphatic rings. The SMILES string of the molecule is C=C/C(F)=C\C(=C)C=O. The summed E-state index contributed by atoms with van der Waals surface area (Å²) in [5, 5.41) is 0. The van der Waals surface area contributed by atoms with E-state index in [-0.39, 0.29) is 5.57 Å². The second-order valence-electron chi connectivity index (χ2n) is 1.43. The molecule has 0 rings (SSSR count). The normalized spacial score (nSPS) is 10.6. The highest BCUT2D eigenvalue weighted by Crippen LogP contribution is 1.99. The van der Waals surface area contributed by atoms with Crippen molar-refractivity contribution in [3.8, 4) is 0 Å². The van der Waals surface area contributed by atoms with E-state index < -0.39 is 5.83 Å². The van der Waals surface area contributed by atoms with Gasteiger partial charge in [0, 0.05) is 5.57 Å². The monoisotopic (exact) mass is 126 g/mol. The van der Waals surface area contributed by atoms with E-state index in [1.165, 1.54) is 0 Å². The molecule has 48 valence electrons. The minimum absolute atomic E-state index is 0.104. The first kappa shape index (κ1) is 7.82.